The number of amides is 1. The predicted octanol–water partition coefficient (Wildman–Crippen LogP) is 8.11. The molecule has 4 N–H and O–H groups in total. The first-order chi connectivity index (χ1) is 34.2. The minimum Gasteiger partial charge on any atom is -0.508 e. The number of aliphatic hydroxyl groups is 1. The molecule has 2 saturated heterocycles. The van der Waals surface area contributed by atoms with Crippen LogP contribution >= 0.6 is 11.9 Å². The molecule has 0 saturated carbocycles. The third-order valence-electron chi connectivity index (χ3n) is 15.0. The molecule has 368 valence electrons. The second kappa shape index (κ2) is 18.1. The average Bonchev–Trinajstić information content (AvgIpc) is 4.06. The van der Waals surface area contributed by atoms with E-state index in [2.05, 4.69) is 31.3 Å². The molecule has 1 atom stereocenters. The number of hydrogen-bond donors (Lipinski definition) is 4. The molecule has 2 fully saturated rings. The number of aromatic nitrogens is 6. The van der Waals surface area contributed by atoms with Gasteiger partial charge in [-0.1, -0.05) is 37.8 Å². The zero-order chi connectivity index (χ0) is 49.5. The van der Waals surface area contributed by atoms with Crippen molar-refractivity contribution in [1.82, 2.24) is 38.1 Å². The summed E-state index contributed by atoms with van der Waals surface area (Å²) in [4.78, 5) is 46.3. The summed E-state index contributed by atoms with van der Waals surface area (Å²) in [6, 6.07) is 17.8. The van der Waals surface area contributed by atoms with Crippen molar-refractivity contribution in [3.05, 3.63) is 105 Å². The maximum Gasteiger partial charge on any atom is 0.415 e. The largest absolute Gasteiger partial charge is 0.508 e. The summed E-state index contributed by atoms with van der Waals surface area (Å²) in [7, 11) is 0. The van der Waals surface area contributed by atoms with Crippen LogP contribution in [0.15, 0.2) is 71.7 Å². The number of nitrogens with zero attached hydrogens (tertiary/aromatic N) is 8. The van der Waals surface area contributed by atoms with Crippen LogP contribution in [0.25, 0.3) is 50.3 Å². The molecule has 11 rings (SSSR count). The molecular weight excluding hydrogens is 925 g/mol. The van der Waals surface area contributed by atoms with Gasteiger partial charge in [-0.25, -0.2) is 19.1 Å². The summed E-state index contributed by atoms with van der Waals surface area (Å²) < 4.78 is 19.0. The number of esters is 1. The minimum absolute atomic E-state index is 0.000251. The lowest BCUT2D eigenvalue weighted by molar-refractivity contribution is -0.169. The molecular formula is C53H56N8O9S. The molecule has 0 spiro atoms. The highest BCUT2D eigenvalue weighted by molar-refractivity contribution is 7.97. The fourth-order valence-corrected chi connectivity index (χ4v) is 12.2. The number of hydrogen-bond acceptors (Lipinski definition) is 14. The number of aromatic hydroxyl groups is 3. The maximum atomic E-state index is 13.6. The summed E-state index contributed by atoms with van der Waals surface area (Å²) in [6.07, 6.45) is 7.45. The molecule has 0 radical (unpaired) electrons. The molecule has 1 amide bonds. The molecule has 0 unspecified atom stereocenters. The molecule has 4 aliphatic heterocycles. The van der Waals surface area contributed by atoms with Gasteiger partial charge in [0.15, 0.2) is 11.4 Å². The van der Waals surface area contributed by atoms with Crippen LogP contribution in [0.4, 0.5) is 4.79 Å². The van der Waals surface area contributed by atoms with Crippen molar-refractivity contribution in [3.63, 3.8) is 0 Å². The summed E-state index contributed by atoms with van der Waals surface area (Å²) in [6.45, 7) is 11.6. The summed E-state index contributed by atoms with van der Waals surface area (Å²) in [5, 5.41) is 53.3. The van der Waals surface area contributed by atoms with Crippen molar-refractivity contribution in [2.75, 3.05) is 26.2 Å². The molecule has 4 aliphatic rings. The fourth-order valence-electron chi connectivity index (χ4n) is 11.0. The first-order valence-corrected chi connectivity index (χ1v) is 25.3. The number of ether oxygens (including phenoxy) is 2. The lowest BCUT2D eigenvalue weighted by Crippen LogP contribution is -2.42. The Morgan fingerprint density at radius 1 is 0.930 bits per heavy atom. The molecule has 8 heterocycles. The van der Waals surface area contributed by atoms with E-state index < -0.39 is 11.6 Å². The van der Waals surface area contributed by atoms with Gasteiger partial charge in [0.2, 0.25) is 0 Å². The predicted molar refractivity (Wildman–Crippen MR) is 268 cm³/mol. The van der Waals surface area contributed by atoms with Crippen LogP contribution in [0.5, 0.6) is 23.3 Å². The van der Waals surface area contributed by atoms with E-state index >= 15 is 0 Å². The van der Waals surface area contributed by atoms with E-state index in [4.69, 9.17) is 14.5 Å². The number of phenols is 2. The van der Waals surface area contributed by atoms with Crippen molar-refractivity contribution in [2.24, 2.45) is 5.92 Å². The number of carbonyl (C=O) groups excluding carboxylic acids is 2. The Hall–Kier alpha value is -6.89. The smallest absolute Gasteiger partial charge is 0.415 e. The number of cyclic esters (lactones) is 1. The van der Waals surface area contributed by atoms with Crippen molar-refractivity contribution in [2.45, 2.75) is 103 Å². The minimum atomic E-state index is -1.94. The van der Waals surface area contributed by atoms with Gasteiger partial charge in [-0.15, -0.1) is 5.10 Å². The lowest BCUT2D eigenvalue weighted by Gasteiger charge is -2.36. The molecule has 7 aromatic rings. The van der Waals surface area contributed by atoms with Crippen LogP contribution in [0.1, 0.15) is 93.5 Å². The number of aryl methyl sites for hydroxylation is 2. The lowest BCUT2D eigenvalue weighted by atomic mass is 9.89. The van der Waals surface area contributed by atoms with Crippen molar-refractivity contribution in [1.29, 1.82) is 0 Å². The van der Waals surface area contributed by atoms with E-state index in [1.54, 1.807) is 27.7 Å². The van der Waals surface area contributed by atoms with Gasteiger partial charge >= 0.3 is 18.1 Å². The Morgan fingerprint density at radius 3 is 2.48 bits per heavy atom. The van der Waals surface area contributed by atoms with E-state index in [1.165, 1.54) is 17.6 Å². The van der Waals surface area contributed by atoms with Gasteiger partial charge in [-0.2, -0.15) is 0 Å². The standard InChI is InChI=1S/C53H56N8O9S/c1-5-35-37-23-33(7-8-42(37)54-47-39(35)27-60-44(47)25-41-40(49(60)64)28-69-50(65)53(41,4)68)70-52(67)58-18-14-34(15-19-58)71-59-20-11-30(12-21-59)10-16-57-17-13-31-22-32(6-9-43(31)57)61-48(55-56-51(61)66)38-24-36(29(2)3)45(62)26-46(38)63/h6-9,13,17,22-26,29-30,34,62-63,68H,5,10-12,14-16,18-21,27-28H2,1-4H3,(H,56,66)/t53-/m0/s1. The summed E-state index contributed by atoms with van der Waals surface area (Å²) in [5.41, 5.74) is 4.78. The van der Waals surface area contributed by atoms with Gasteiger partial charge in [0, 0.05) is 77.7 Å². The summed E-state index contributed by atoms with van der Waals surface area (Å²) in [5.74, 6) is 0.371. The van der Waals surface area contributed by atoms with Crippen LogP contribution < -0.4 is 10.3 Å². The van der Waals surface area contributed by atoms with Crippen molar-refractivity contribution < 1.29 is 39.5 Å². The molecule has 3 aromatic carbocycles. The number of phenolic OH excluding ortho intramolecular Hbond substituents is 2. The SMILES string of the molecule is CCc1c2c(nc3ccc(OC(=O)N4CCC(SN5CCC(CCn6ccc7cc(-n8c(O)nnc8-c8cc(C(C)C)c(O)cc8O)ccc76)CC5)CC4)cc13)-c1cc3c(c(=O)n1C2)COC(=O)[C@@]3(C)O. The molecule has 71 heavy (non-hydrogen) atoms. The number of fused-ring (bicyclic) bond motifs is 6. The Balaban J connectivity index is 0.668. The summed E-state index contributed by atoms with van der Waals surface area (Å²) >= 11 is 1.94. The van der Waals surface area contributed by atoms with Crippen LogP contribution in [0.3, 0.4) is 0 Å². The Labute approximate surface area is 413 Å². The maximum absolute atomic E-state index is 13.6. The van der Waals surface area contributed by atoms with Crippen molar-refractivity contribution >= 4 is 45.8 Å². The average molecular weight is 981 g/mol. The Bertz CT molecular complexity index is 3340. The number of likely N-dealkylation sites (tertiary alicyclic amines) is 1. The number of benzene rings is 3. The quantitative estimate of drug-likeness (QED) is 0.0754. The van der Waals surface area contributed by atoms with Gasteiger partial charge < -0.3 is 43.9 Å². The monoisotopic (exact) mass is 980 g/mol. The Morgan fingerprint density at radius 2 is 1.72 bits per heavy atom. The number of rotatable bonds is 10. The fraction of sp³-hybridized carbons (Fsp3) is 0.396. The van der Waals surface area contributed by atoms with E-state index in [0.29, 0.717) is 76.7 Å². The molecule has 18 heteroatoms. The van der Waals surface area contributed by atoms with E-state index in [0.717, 1.165) is 79.2 Å². The molecule has 0 aliphatic carbocycles. The van der Waals surface area contributed by atoms with E-state index in [9.17, 15) is 34.8 Å². The van der Waals surface area contributed by atoms with Gasteiger partial charge in [-0.05, 0) is 123 Å². The van der Waals surface area contributed by atoms with Crippen LogP contribution in [0, 0.1) is 5.92 Å². The number of piperidine rings is 2. The second-order valence-electron chi connectivity index (χ2n) is 19.7. The van der Waals surface area contributed by atoms with Crippen molar-refractivity contribution in [3.8, 4) is 51.7 Å². The zero-order valence-electron chi connectivity index (χ0n) is 40.1. The first kappa shape index (κ1) is 46.5. The third-order valence-corrected chi connectivity index (χ3v) is 16.4. The highest BCUT2D eigenvalue weighted by Gasteiger charge is 2.43. The van der Waals surface area contributed by atoms with Crippen LogP contribution in [-0.2, 0) is 41.2 Å². The van der Waals surface area contributed by atoms with Gasteiger partial charge in [-0.3, -0.25) is 9.10 Å². The van der Waals surface area contributed by atoms with Gasteiger partial charge in [0.1, 0.15) is 23.9 Å². The number of pyridine rings is 2. The number of carbonyl (C=O) groups is 2. The molecule has 4 aromatic heterocycles. The van der Waals surface area contributed by atoms with E-state index in [-0.39, 0.29) is 58.6 Å². The van der Waals surface area contributed by atoms with Crippen LogP contribution in [-0.4, -0.2) is 102 Å². The topological polar surface area (TPSA) is 211 Å². The molecule has 17 nitrogen and oxygen atoms in total. The first-order valence-electron chi connectivity index (χ1n) is 24.5. The van der Waals surface area contributed by atoms with Crippen LogP contribution in [0.2, 0.25) is 0 Å². The highest BCUT2D eigenvalue weighted by atomic mass is 32.2. The normalized spacial score (nSPS) is 18.6. The third kappa shape index (κ3) is 8.24. The van der Waals surface area contributed by atoms with Gasteiger partial charge in [0.05, 0.1) is 40.3 Å². The Kier molecular flexibility index (Phi) is 11.8. The van der Waals surface area contributed by atoms with Gasteiger partial charge in [0.25, 0.3) is 5.56 Å². The highest BCUT2D eigenvalue weighted by Crippen LogP contribution is 2.42. The second-order valence-corrected chi connectivity index (χ2v) is 21.1. The molecule has 0 bridgehead atoms. The zero-order valence-corrected chi connectivity index (χ0v) is 40.9. The van der Waals surface area contributed by atoms with E-state index in [1.807, 2.05) is 63.1 Å².